The summed E-state index contributed by atoms with van der Waals surface area (Å²) >= 11 is 0. The summed E-state index contributed by atoms with van der Waals surface area (Å²) in [5.41, 5.74) is 1.88. The minimum Gasteiger partial charge on any atom is -0.348 e. The van der Waals surface area contributed by atoms with Crippen molar-refractivity contribution in [1.29, 1.82) is 0 Å². The van der Waals surface area contributed by atoms with Crippen molar-refractivity contribution in [2.75, 3.05) is 5.32 Å². The molecule has 0 bridgehead atoms. The second-order valence-electron chi connectivity index (χ2n) is 5.65. The Morgan fingerprint density at radius 1 is 1.09 bits per heavy atom. The van der Waals surface area contributed by atoms with E-state index >= 15 is 0 Å². The number of anilines is 1. The highest BCUT2D eigenvalue weighted by Crippen LogP contribution is 2.30. The van der Waals surface area contributed by atoms with Gasteiger partial charge < -0.3 is 10.6 Å². The Balaban J connectivity index is 1.55. The van der Waals surface area contributed by atoms with Crippen LogP contribution >= 0.6 is 0 Å². The first-order chi connectivity index (χ1) is 11.1. The van der Waals surface area contributed by atoms with Gasteiger partial charge in [0, 0.05) is 23.7 Å². The number of benzene rings is 2. The maximum absolute atomic E-state index is 13.1. The predicted molar refractivity (Wildman–Crippen MR) is 85.4 cm³/mol. The number of rotatable bonds is 5. The molecule has 3 rings (SSSR count). The molecule has 1 fully saturated rings. The van der Waals surface area contributed by atoms with E-state index in [4.69, 9.17) is 0 Å². The summed E-state index contributed by atoms with van der Waals surface area (Å²) in [6.45, 7) is 0.261. The van der Waals surface area contributed by atoms with Crippen LogP contribution in [0.2, 0.25) is 0 Å². The fourth-order valence-electron chi connectivity index (χ4n) is 2.23. The van der Waals surface area contributed by atoms with Crippen molar-refractivity contribution in [2.45, 2.75) is 19.4 Å². The predicted octanol–water partition coefficient (Wildman–Crippen LogP) is 3.10. The molecular formula is C18H17FN2O2. The maximum atomic E-state index is 13.1. The first kappa shape index (κ1) is 15.2. The number of halogens is 1. The van der Waals surface area contributed by atoms with E-state index in [-0.39, 0.29) is 30.1 Å². The van der Waals surface area contributed by atoms with Crippen LogP contribution < -0.4 is 10.6 Å². The minimum atomic E-state index is -0.326. The van der Waals surface area contributed by atoms with Gasteiger partial charge in [-0.15, -0.1) is 0 Å². The van der Waals surface area contributed by atoms with Gasteiger partial charge in [0.25, 0.3) is 5.91 Å². The number of carbonyl (C=O) groups excluding carboxylic acids is 2. The highest BCUT2D eigenvalue weighted by atomic mass is 19.1. The Kier molecular flexibility index (Phi) is 4.37. The van der Waals surface area contributed by atoms with Crippen LogP contribution in [-0.2, 0) is 11.3 Å². The van der Waals surface area contributed by atoms with Gasteiger partial charge in [-0.05, 0) is 54.8 Å². The molecule has 2 aromatic rings. The summed E-state index contributed by atoms with van der Waals surface area (Å²) in [5, 5.41) is 5.56. The standard InChI is InChI=1S/C18H17FN2O2/c19-15-3-1-2-12(10-15)11-20-17(22)13-6-8-16(9-7-13)21-18(23)14-4-5-14/h1-3,6-10,14H,4-5,11H2,(H,20,22)(H,21,23). The first-order valence-electron chi connectivity index (χ1n) is 7.55. The summed E-state index contributed by atoms with van der Waals surface area (Å²) in [7, 11) is 0. The van der Waals surface area contributed by atoms with E-state index in [1.807, 2.05) is 0 Å². The Morgan fingerprint density at radius 3 is 2.48 bits per heavy atom. The van der Waals surface area contributed by atoms with Crippen LogP contribution in [0, 0.1) is 11.7 Å². The Hall–Kier alpha value is -2.69. The molecule has 23 heavy (non-hydrogen) atoms. The Morgan fingerprint density at radius 2 is 1.83 bits per heavy atom. The quantitative estimate of drug-likeness (QED) is 0.891. The maximum Gasteiger partial charge on any atom is 0.251 e. The minimum absolute atomic E-state index is 0.0355. The average molecular weight is 312 g/mol. The van der Waals surface area contributed by atoms with E-state index in [0.29, 0.717) is 16.8 Å². The lowest BCUT2D eigenvalue weighted by atomic mass is 10.1. The van der Waals surface area contributed by atoms with Gasteiger partial charge in [-0.25, -0.2) is 4.39 Å². The van der Waals surface area contributed by atoms with Crippen LogP contribution in [0.3, 0.4) is 0 Å². The molecule has 4 nitrogen and oxygen atoms in total. The van der Waals surface area contributed by atoms with Gasteiger partial charge in [0.2, 0.25) is 5.91 Å². The van der Waals surface area contributed by atoms with Crippen molar-refractivity contribution in [3.8, 4) is 0 Å². The number of hydrogen-bond donors (Lipinski definition) is 2. The number of amides is 2. The molecule has 0 saturated heterocycles. The molecule has 118 valence electrons. The number of hydrogen-bond acceptors (Lipinski definition) is 2. The molecule has 0 atom stereocenters. The van der Waals surface area contributed by atoms with E-state index in [9.17, 15) is 14.0 Å². The fraction of sp³-hybridized carbons (Fsp3) is 0.222. The van der Waals surface area contributed by atoms with Crippen molar-refractivity contribution in [1.82, 2.24) is 5.32 Å². The normalized spacial score (nSPS) is 13.4. The van der Waals surface area contributed by atoms with Gasteiger partial charge in [-0.2, -0.15) is 0 Å². The van der Waals surface area contributed by atoms with Crippen LogP contribution in [0.25, 0.3) is 0 Å². The van der Waals surface area contributed by atoms with E-state index in [2.05, 4.69) is 10.6 Å². The molecule has 1 aliphatic carbocycles. The van der Waals surface area contributed by atoms with Gasteiger partial charge in [0.15, 0.2) is 0 Å². The largest absolute Gasteiger partial charge is 0.348 e. The zero-order valence-corrected chi connectivity index (χ0v) is 12.5. The van der Waals surface area contributed by atoms with Crippen molar-refractivity contribution >= 4 is 17.5 Å². The second-order valence-corrected chi connectivity index (χ2v) is 5.65. The summed E-state index contributed by atoms with van der Waals surface area (Å²) < 4.78 is 13.1. The third-order valence-corrected chi connectivity index (χ3v) is 3.70. The highest BCUT2D eigenvalue weighted by Gasteiger charge is 2.29. The lowest BCUT2D eigenvalue weighted by Gasteiger charge is -2.07. The van der Waals surface area contributed by atoms with Gasteiger partial charge in [-0.3, -0.25) is 9.59 Å². The molecule has 0 radical (unpaired) electrons. The summed E-state index contributed by atoms with van der Waals surface area (Å²) in [6, 6.07) is 12.8. The first-order valence-corrected chi connectivity index (χ1v) is 7.55. The molecule has 2 N–H and O–H groups in total. The third-order valence-electron chi connectivity index (χ3n) is 3.70. The molecule has 0 aromatic heterocycles. The van der Waals surface area contributed by atoms with Gasteiger partial charge >= 0.3 is 0 Å². The van der Waals surface area contributed by atoms with Gasteiger partial charge in [-0.1, -0.05) is 12.1 Å². The number of nitrogens with one attached hydrogen (secondary N) is 2. The van der Waals surface area contributed by atoms with Gasteiger partial charge in [0.1, 0.15) is 5.82 Å². The van der Waals surface area contributed by atoms with Crippen LogP contribution in [0.5, 0.6) is 0 Å². The topological polar surface area (TPSA) is 58.2 Å². The average Bonchev–Trinajstić information content (AvgIpc) is 3.38. The molecule has 1 saturated carbocycles. The van der Waals surface area contributed by atoms with Crippen molar-refractivity contribution in [3.63, 3.8) is 0 Å². The van der Waals surface area contributed by atoms with E-state index < -0.39 is 0 Å². The third kappa shape index (κ3) is 4.16. The molecular weight excluding hydrogens is 295 g/mol. The molecule has 2 amide bonds. The Labute approximate surface area is 133 Å². The second kappa shape index (κ2) is 6.60. The molecule has 1 aliphatic rings. The van der Waals surface area contributed by atoms with Gasteiger partial charge in [0.05, 0.1) is 0 Å². The number of carbonyl (C=O) groups is 2. The lowest BCUT2D eigenvalue weighted by molar-refractivity contribution is -0.117. The lowest BCUT2D eigenvalue weighted by Crippen LogP contribution is -2.22. The van der Waals surface area contributed by atoms with E-state index in [1.165, 1.54) is 12.1 Å². The molecule has 0 unspecified atom stereocenters. The fourth-order valence-corrected chi connectivity index (χ4v) is 2.23. The van der Waals surface area contributed by atoms with Crippen molar-refractivity contribution in [3.05, 3.63) is 65.5 Å². The SMILES string of the molecule is O=C(NCc1cccc(F)c1)c1ccc(NC(=O)C2CC2)cc1. The molecule has 2 aromatic carbocycles. The van der Waals surface area contributed by atoms with Crippen LogP contribution in [0.1, 0.15) is 28.8 Å². The Bertz CT molecular complexity index is 724. The molecule has 0 spiro atoms. The summed E-state index contributed by atoms with van der Waals surface area (Å²) in [5.74, 6) is -0.389. The van der Waals surface area contributed by atoms with E-state index in [1.54, 1.807) is 36.4 Å². The van der Waals surface area contributed by atoms with Crippen LogP contribution in [0.4, 0.5) is 10.1 Å². The van der Waals surface area contributed by atoms with E-state index in [0.717, 1.165) is 12.8 Å². The van der Waals surface area contributed by atoms with Crippen molar-refractivity contribution < 1.29 is 14.0 Å². The summed E-state index contributed by atoms with van der Waals surface area (Å²) in [4.78, 5) is 23.7. The highest BCUT2D eigenvalue weighted by molar-refractivity contribution is 5.96. The molecule has 0 heterocycles. The molecule has 0 aliphatic heterocycles. The summed E-state index contributed by atoms with van der Waals surface area (Å²) in [6.07, 6.45) is 1.90. The van der Waals surface area contributed by atoms with Crippen molar-refractivity contribution in [2.24, 2.45) is 5.92 Å². The van der Waals surface area contributed by atoms with Crippen LogP contribution in [0.15, 0.2) is 48.5 Å². The van der Waals surface area contributed by atoms with Crippen LogP contribution in [-0.4, -0.2) is 11.8 Å². The molecule has 5 heteroatoms. The smallest absolute Gasteiger partial charge is 0.251 e. The zero-order valence-electron chi connectivity index (χ0n) is 12.5. The zero-order chi connectivity index (χ0) is 16.2. The monoisotopic (exact) mass is 312 g/mol.